The van der Waals surface area contributed by atoms with Crippen LogP contribution in [0.25, 0.3) is 0 Å². The minimum Gasteiger partial charge on any atom is -0.505 e. The number of nitrogens with zero attached hydrogens (tertiary/aromatic N) is 1. The molecule has 2 N–H and O–H groups in total. The molecule has 158 valence electrons. The van der Waals surface area contributed by atoms with Crippen LogP contribution in [0.1, 0.15) is 56.4 Å². The summed E-state index contributed by atoms with van der Waals surface area (Å²) in [7, 11) is 0. The van der Waals surface area contributed by atoms with Gasteiger partial charge >= 0.3 is 5.97 Å². The van der Waals surface area contributed by atoms with E-state index in [1.165, 1.54) is 0 Å². The molecule has 0 bridgehead atoms. The molecule has 0 amide bonds. The lowest BCUT2D eigenvalue weighted by Crippen LogP contribution is -2.39. The fourth-order valence-electron chi connectivity index (χ4n) is 4.78. The molecule has 0 radical (unpaired) electrons. The van der Waals surface area contributed by atoms with Crippen molar-refractivity contribution in [2.45, 2.75) is 50.9 Å². The van der Waals surface area contributed by atoms with Crippen LogP contribution in [0, 0.1) is 0 Å². The van der Waals surface area contributed by atoms with Crippen molar-refractivity contribution >= 4 is 40.7 Å². The molecule has 0 saturated heterocycles. The van der Waals surface area contributed by atoms with Crippen LogP contribution in [0.5, 0.6) is 5.75 Å². The Morgan fingerprint density at radius 3 is 1.93 bits per heavy atom. The SMILES string of the molecule is O=C(O)CCN1C2=C(C(=O)CCC2)C(c2cc(Cl)c(O)c(Cl)c2)C2=C1CCCC2=O. The van der Waals surface area contributed by atoms with Crippen LogP contribution in [0.2, 0.25) is 10.0 Å². The summed E-state index contributed by atoms with van der Waals surface area (Å²) in [6.07, 6.45) is 3.31. The first-order valence-electron chi connectivity index (χ1n) is 9.99. The predicted octanol–water partition coefficient (Wildman–Crippen LogP) is 4.59. The third-order valence-corrected chi connectivity index (χ3v) is 6.58. The van der Waals surface area contributed by atoms with Gasteiger partial charge in [0.05, 0.1) is 16.5 Å². The molecular weight excluding hydrogens is 429 g/mol. The third kappa shape index (κ3) is 3.52. The number of rotatable bonds is 4. The second kappa shape index (κ2) is 8.08. The van der Waals surface area contributed by atoms with Crippen LogP contribution in [0.3, 0.4) is 0 Å². The van der Waals surface area contributed by atoms with Crippen molar-refractivity contribution in [2.75, 3.05) is 6.54 Å². The van der Waals surface area contributed by atoms with Crippen LogP contribution < -0.4 is 0 Å². The molecule has 0 unspecified atom stereocenters. The number of carboxylic acids is 1. The van der Waals surface area contributed by atoms with Gasteiger partial charge in [-0.2, -0.15) is 0 Å². The van der Waals surface area contributed by atoms with E-state index < -0.39 is 11.9 Å². The van der Waals surface area contributed by atoms with E-state index in [9.17, 15) is 24.6 Å². The number of hydrogen-bond donors (Lipinski definition) is 2. The van der Waals surface area contributed by atoms with Gasteiger partial charge in [0, 0.05) is 47.8 Å². The molecule has 4 rings (SSSR count). The Labute approximate surface area is 183 Å². The number of benzene rings is 1. The van der Waals surface area contributed by atoms with E-state index in [1.54, 1.807) is 12.1 Å². The number of aromatic hydroxyl groups is 1. The first kappa shape index (κ1) is 20.9. The average Bonchev–Trinajstić information content (AvgIpc) is 2.69. The number of phenolic OH excluding ortho intramolecular Hbond substituents is 1. The van der Waals surface area contributed by atoms with Crippen LogP contribution in [-0.4, -0.2) is 39.2 Å². The number of ketones is 2. The van der Waals surface area contributed by atoms with E-state index in [0.717, 1.165) is 11.4 Å². The molecule has 0 atom stereocenters. The number of Topliss-reactive ketones (excluding diaryl/α,β-unsaturated/α-hetero) is 2. The Balaban J connectivity index is 1.94. The minimum atomic E-state index is -0.928. The van der Waals surface area contributed by atoms with Gasteiger partial charge in [0.2, 0.25) is 0 Å². The Hall–Kier alpha value is -2.31. The van der Waals surface area contributed by atoms with Crippen LogP contribution >= 0.6 is 23.2 Å². The lowest BCUT2D eigenvalue weighted by Gasteiger charge is -2.44. The summed E-state index contributed by atoms with van der Waals surface area (Å²) in [4.78, 5) is 39.3. The maximum atomic E-state index is 13.1. The van der Waals surface area contributed by atoms with Gasteiger partial charge in [0.1, 0.15) is 0 Å². The van der Waals surface area contributed by atoms with E-state index >= 15 is 0 Å². The molecule has 6 nitrogen and oxygen atoms in total. The first-order chi connectivity index (χ1) is 14.3. The van der Waals surface area contributed by atoms with E-state index in [0.29, 0.717) is 55.2 Å². The monoisotopic (exact) mass is 449 g/mol. The van der Waals surface area contributed by atoms with Crippen molar-refractivity contribution in [1.29, 1.82) is 0 Å². The van der Waals surface area contributed by atoms with Crippen molar-refractivity contribution in [3.8, 4) is 5.75 Å². The van der Waals surface area contributed by atoms with Gasteiger partial charge in [-0.1, -0.05) is 23.2 Å². The number of phenols is 1. The van der Waals surface area contributed by atoms with Crippen molar-refractivity contribution in [1.82, 2.24) is 4.90 Å². The van der Waals surface area contributed by atoms with Gasteiger partial charge in [-0.05, 0) is 43.4 Å². The summed E-state index contributed by atoms with van der Waals surface area (Å²) >= 11 is 12.3. The molecule has 0 fully saturated rings. The zero-order chi connectivity index (χ0) is 21.6. The quantitative estimate of drug-likeness (QED) is 0.697. The molecule has 1 aromatic rings. The zero-order valence-corrected chi connectivity index (χ0v) is 17.7. The number of aliphatic carboxylic acids is 1. The van der Waals surface area contributed by atoms with Crippen LogP contribution in [-0.2, 0) is 14.4 Å². The molecule has 1 heterocycles. The fourth-order valence-corrected chi connectivity index (χ4v) is 5.28. The summed E-state index contributed by atoms with van der Waals surface area (Å²) in [5.74, 6) is -1.87. The topological polar surface area (TPSA) is 94.9 Å². The molecule has 0 aromatic heterocycles. The number of carbonyl (C=O) groups excluding carboxylic acids is 2. The number of carbonyl (C=O) groups is 3. The minimum absolute atomic E-state index is 0.0492. The van der Waals surface area contributed by atoms with Gasteiger partial charge < -0.3 is 15.1 Å². The lowest BCUT2D eigenvalue weighted by molar-refractivity contribution is -0.137. The number of allylic oxidation sites excluding steroid dienone is 4. The van der Waals surface area contributed by atoms with E-state index in [-0.39, 0.29) is 40.3 Å². The van der Waals surface area contributed by atoms with Gasteiger partial charge in [-0.3, -0.25) is 14.4 Å². The fraction of sp³-hybridized carbons (Fsp3) is 0.409. The van der Waals surface area contributed by atoms with Crippen LogP contribution in [0.4, 0.5) is 0 Å². The number of hydrogen-bond acceptors (Lipinski definition) is 5. The zero-order valence-electron chi connectivity index (χ0n) is 16.2. The molecule has 1 aromatic carbocycles. The molecular formula is C22H21Cl2NO5. The molecule has 2 aliphatic carbocycles. The second-order valence-corrected chi connectivity index (χ2v) is 8.65. The van der Waals surface area contributed by atoms with Crippen molar-refractivity contribution in [2.24, 2.45) is 0 Å². The van der Waals surface area contributed by atoms with E-state index in [1.807, 2.05) is 4.90 Å². The second-order valence-electron chi connectivity index (χ2n) is 7.84. The summed E-state index contributed by atoms with van der Waals surface area (Å²) in [6, 6.07) is 3.11. The number of carboxylic acid groups (broad SMARTS) is 1. The Kier molecular flexibility index (Phi) is 5.64. The first-order valence-corrected chi connectivity index (χ1v) is 10.7. The van der Waals surface area contributed by atoms with Gasteiger partial charge in [-0.25, -0.2) is 0 Å². The maximum Gasteiger partial charge on any atom is 0.305 e. The molecule has 3 aliphatic rings. The average molecular weight is 450 g/mol. The lowest BCUT2D eigenvalue weighted by atomic mass is 9.71. The van der Waals surface area contributed by atoms with E-state index in [2.05, 4.69) is 0 Å². The molecule has 0 spiro atoms. The summed E-state index contributed by atoms with van der Waals surface area (Å²) < 4.78 is 0. The predicted molar refractivity (Wildman–Crippen MR) is 112 cm³/mol. The Bertz CT molecular complexity index is 959. The standard InChI is InChI=1S/C22H21Cl2NO5/c23-12-9-11(10-13(24)22(12)30)19-20-14(3-1-5-16(20)26)25(8-7-18(28)29)15-4-2-6-17(27)21(15)19/h9-10,19,30H,1-8H2,(H,28,29). The van der Waals surface area contributed by atoms with Gasteiger partial charge in [0.25, 0.3) is 0 Å². The normalized spacial score (nSPS) is 19.9. The summed E-state index contributed by atoms with van der Waals surface area (Å²) in [5, 5.41) is 19.3. The molecule has 8 heteroatoms. The van der Waals surface area contributed by atoms with Gasteiger partial charge in [0.15, 0.2) is 17.3 Å². The van der Waals surface area contributed by atoms with Crippen LogP contribution in [0.15, 0.2) is 34.7 Å². The smallest absolute Gasteiger partial charge is 0.305 e. The largest absolute Gasteiger partial charge is 0.505 e. The summed E-state index contributed by atoms with van der Waals surface area (Å²) in [6.45, 7) is 0.220. The highest BCUT2D eigenvalue weighted by atomic mass is 35.5. The maximum absolute atomic E-state index is 13.1. The Morgan fingerprint density at radius 2 is 1.47 bits per heavy atom. The van der Waals surface area contributed by atoms with E-state index in [4.69, 9.17) is 23.2 Å². The Morgan fingerprint density at radius 1 is 0.967 bits per heavy atom. The summed E-state index contributed by atoms with van der Waals surface area (Å²) in [5.41, 5.74) is 3.24. The molecule has 1 aliphatic heterocycles. The van der Waals surface area contributed by atoms with Crippen molar-refractivity contribution in [3.05, 3.63) is 50.3 Å². The van der Waals surface area contributed by atoms with Crippen molar-refractivity contribution in [3.63, 3.8) is 0 Å². The molecule has 30 heavy (non-hydrogen) atoms. The third-order valence-electron chi connectivity index (χ3n) is 6.01. The highest BCUT2D eigenvalue weighted by Gasteiger charge is 2.43. The number of halogens is 2. The van der Waals surface area contributed by atoms with Crippen molar-refractivity contribution < 1.29 is 24.6 Å². The van der Waals surface area contributed by atoms with Gasteiger partial charge in [-0.15, -0.1) is 0 Å². The highest BCUT2D eigenvalue weighted by molar-refractivity contribution is 6.37. The highest BCUT2D eigenvalue weighted by Crippen LogP contribution is 2.50. The molecule has 0 saturated carbocycles.